The van der Waals surface area contributed by atoms with Gasteiger partial charge in [0.2, 0.25) is 5.91 Å². The Balaban J connectivity index is 0.636. The molecule has 418 valence electrons. The molecule has 4 aliphatic carbocycles. The monoisotopic (exact) mass is 1130 g/mol. The van der Waals surface area contributed by atoms with Crippen LogP contribution in [0.5, 0.6) is 11.5 Å². The lowest BCUT2D eigenvalue weighted by Crippen LogP contribution is -2.57. The van der Waals surface area contributed by atoms with Crippen molar-refractivity contribution in [2.45, 2.75) is 139 Å². The number of ether oxygens (including phenoxy) is 1. The maximum atomic E-state index is 15.3. The smallest absolute Gasteiger partial charge is 0.258 e. The molecule has 79 heavy (non-hydrogen) atoms. The zero-order valence-corrected chi connectivity index (χ0v) is 48.2. The highest BCUT2D eigenvalue weighted by Gasteiger charge is 2.54. The standard InChI is InChI=1S/C62H75FN8O5S3/c1-38-54(77-37-68-38)42-15-13-39(14-16-42)33-65-59(74)50-32-46(72)31-49(50)53(73)57(69-60(75)62(63)25-26-62)61(2,3)78-35-41-11-9-40(10-12-41)34-70-27-29-71(30-28-70)45-21-17-44(18-22-45)56-52-51(58(64)67-36-66-52)55(79-56)43-19-23-48(24-20-43)76-47-7-5-4-6-8-47/h4-8,13-16,19-20,23-24,36-37,40-41,44-46,49-50,57,72H,9-12,17-18,21-22,25-35H2,1-3H3,(H,65,74)(H,69,75)(H2,64,66,67)/t40?,41?,44?,45?,46-,49?,50+,57+/m0/s1. The van der Waals surface area contributed by atoms with Crippen LogP contribution in [-0.4, -0.2) is 115 Å². The molecular formula is C62H75FN8O5S3. The van der Waals surface area contributed by atoms with Crippen LogP contribution in [0.15, 0.2) is 90.7 Å². The third kappa shape index (κ3) is 12.8. The number of fused-ring (bicyclic) bond motifs is 1. The number of carbonyl (C=O) groups excluding carboxylic acids is 3. The fraction of sp³-hybridized carbons (Fsp3) is 0.516. The van der Waals surface area contributed by atoms with Gasteiger partial charge in [-0.1, -0.05) is 42.5 Å². The topological polar surface area (TPSA) is 176 Å². The SMILES string of the molecule is Cc1ncsc1-c1ccc(CNC(=O)[C@@H]2C[C@@H](O)CC2C(=O)[C@@H](NC(=O)C2(F)CC2)C(C)(C)SCC2CCC(CN3CCN(C4CCC(c5sc(-c6ccc(Oc7ccccc7)cc6)c6c(N)ncnc56)CC4)CC3)CC2)cc1. The van der Waals surface area contributed by atoms with Crippen molar-refractivity contribution in [2.24, 2.45) is 23.7 Å². The zero-order chi connectivity index (χ0) is 54.8. The molecule has 4 heterocycles. The number of nitrogen functional groups attached to an aromatic ring is 1. The summed E-state index contributed by atoms with van der Waals surface area (Å²) in [5, 5.41) is 17.7. The Kier molecular flexibility index (Phi) is 16.9. The van der Waals surface area contributed by atoms with E-state index in [1.54, 1.807) is 29.4 Å². The van der Waals surface area contributed by atoms with E-state index in [2.05, 4.69) is 42.5 Å². The molecule has 11 rings (SSSR count). The molecule has 5 aliphatic rings. The Labute approximate surface area is 476 Å². The quantitative estimate of drug-likeness (QED) is 0.0605. The van der Waals surface area contributed by atoms with Gasteiger partial charge in [0.05, 0.1) is 39.0 Å². The highest BCUT2D eigenvalue weighted by atomic mass is 32.2. The molecule has 2 amide bonds. The number of halogens is 1. The number of para-hydroxylation sites is 1. The maximum Gasteiger partial charge on any atom is 0.258 e. The number of aliphatic hydroxyl groups excluding tert-OH is 1. The average Bonchev–Trinajstić information content (AvgIpc) is 3.75. The molecule has 3 aromatic carbocycles. The number of amides is 2. The molecule has 3 aromatic heterocycles. The Morgan fingerprint density at radius 2 is 1.49 bits per heavy atom. The molecule has 13 nitrogen and oxygen atoms in total. The second-order valence-electron chi connectivity index (χ2n) is 23.7. The van der Waals surface area contributed by atoms with Gasteiger partial charge < -0.3 is 31.1 Å². The van der Waals surface area contributed by atoms with E-state index in [1.807, 2.05) is 104 Å². The number of thiazole rings is 1. The fourth-order valence-electron chi connectivity index (χ4n) is 12.9. The van der Waals surface area contributed by atoms with Crippen molar-refractivity contribution in [3.05, 3.63) is 107 Å². The number of hydrogen-bond acceptors (Lipinski definition) is 14. The molecule has 0 spiro atoms. The van der Waals surface area contributed by atoms with Crippen LogP contribution in [0, 0.1) is 30.6 Å². The fourth-order valence-corrected chi connectivity index (χ4v) is 16.4. The van der Waals surface area contributed by atoms with Gasteiger partial charge in [-0.25, -0.2) is 19.3 Å². The van der Waals surface area contributed by atoms with Gasteiger partial charge in [-0.15, -0.1) is 22.7 Å². The summed E-state index contributed by atoms with van der Waals surface area (Å²) in [4.78, 5) is 64.4. The number of benzene rings is 3. The van der Waals surface area contributed by atoms with Crippen molar-refractivity contribution in [1.29, 1.82) is 0 Å². The van der Waals surface area contributed by atoms with Gasteiger partial charge in [0.25, 0.3) is 5.91 Å². The molecule has 0 radical (unpaired) electrons. The molecule has 0 bridgehead atoms. The number of Topliss-reactive ketones (excluding diaryl/α,β-unsaturated/α-hetero) is 1. The van der Waals surface area contributed by atoms with Crippen LogP contribution >= 0.6 is 34.4 Å². The Bertz CT molecular complexity index is 3070. The highest BCUT2D eigenvalue weighted by molar-refractivity contribution is 8.00. The van der Waals surface area contributed by atoms with E-state index < -0.39 is 40.3 Å². The van der Waals surface area contributed by atoms with Crippen LogP contribution in [0.2, 0.25) is 0 Å². The maximum absolute atomic E-state index is 15.3. The summed E-state index contributed by atoms with van der Waals surface area (Å²) in [6, 6.07) is 25.6. The summed E-state index contributed by atoms with van der Waals surface area (Å²) >= 11 is 5.08. The van der Waals surface area contributed by atoms with E-state index in [0.717, 1.165) is 132 Å². The largest absolute Gasteiger partial charge is 0.457 e. The number of hydrogen-bond donors (Lipinski definition) is 4. The first-order chi connectivity index (χ1) is 38.2. The van der Waals surface area contributed by atoms with E-state index in [-0.39, 0.29) is 43.9 Å². The molecule has 1 unspecified atom stereocenters. The van der Waals surface area contributed by atoms with Gasteiger partial charge in [0.1, 0.15) is 29.7 Å². The minimum absolute atomic E-state index is 0.125. The summed E-state index contributed by atoms with van der Waals surface area (Å²) in [7, 11) is 0. The Morgan fingerprint density at radius 3 is 2.18 bits per heavy atom. The number of nitrogens with two attached hydrogens (primary N) is 1. The molecule has 6 aromatic rings. The van der Waals surface area contributed by atoms with Gasteiger partial charge in [0, 0.05) is 65.7 Å². The van der Waals surface area contributed by atoms with E-state index in [0.29, 0.717) is 29.6 Å². The Morgan fingerprint density at radius 1 is 0.835 bits per heavy atom. The van der Waals surface area contributed by atoms with Crippen molar-refractivity contribution in [2.75, 3.05) is 44.2 Å². The summed E-state index contributed by atoms with van der Waals surface area (Å²) in [5.74, 6) is 1.58. The van der Waals surface area contributed by atoms with Gasteiger partial charge in [-0.2, -0.15) is 11.8 Å². The number of rotatable bonds is 19. The number of alkyl halides is 1. The van der Waals surface area contributed by atoms with Crippen molar-refractivity contribution in [3.63, 3.8) is 0 Å². The molecule has 1 saturated heterocycles. The van der Waals surface area contributed by atoms with Crippen LogP contribution in [0.4, 0.5) is 10.2 Å². The average molecular weight is 1130 g/mol. The molecule has 1 aliphatic heterocycles. The minimum Gasteiger partial charge on any atom is -0.457 e. The van der Waals surface area contributed by atoms with Gasteiger partial charge in [-0.3, -0.25) is 19.3 Å². The van der Waals surface area contributed by atoms with Crippen LogP contribution in [0.3, 0.4) is 0 Å². The van der Waals surface area contributed by atoms with E-state index in [4.69, 9.17) is 15.5 Å². The summed E-state index contributed by atoms with van der Waals surface area (Å²) in [5.41, 5.74) is 11.5. The predicted octanol–water partition coefficient (Wildman–Crippen LogP) is 11.4. The third-order valence-corrected chi connectivity index (χ3v) is 21.8. The minimum atomic E-state index is -1.96. The number of thiophene rings is 1. The van der Waals surface area contributed by atoms with Gasteiger partial charge in [0.15, 0.2) is 11.5 Å². The second-order valence-corrected chi connectivity index (χ2v) is 27.2. The molecule has 4 saturated carbocycles. The van der Waals surface area contributed by atoms with Crippen LogP contribution < -0.4 is 21.1 Å². The number of anilines is 1. The number of ketones is 1. The lowest BCUT2D eigenvalue weighted by Gasteiger charge is -2.43. The van der Waals surface area contributed by atoms with E-state index in [1.165, 1.54) is 17.7 Å². The Hall–Kier alpha value is -5.30. The first-order valence-electron chi connectivity index (χ1n) is 28.6. The van der Waals surface area contributed by atoms with Crippen molar-refractivity contribution in [1.82, 2.24) is 35.4 Å². The molecule has 4 atom stereocenters. The number of piperazine rings is 1. The number of aromatic nitrogens is 3. The van der Waals surface area contributed by atoms with Crippen molar-refractivity contribution >= 4 is 68.8 Å². The summed E-state index contributed by atoms with van der Waals surface area (Å²) < 4.78 is 20.6. The molecule has 17 heteroatoms. The normalized spacial score (nSPS) is 24.9. The summed E-state index contributed by atoms with van der Waals surface area (Å²) in [6.07, 6.45) is 10.5. The highest BCUT2D eigenvalue weighted by Crippen LogP contribution is 2.48. The second kappa shape index (κ2) is 24.0. The van der Waals surface area contributed by atoms with Crippen molar-refractivity contribution < 1.29 is 28.6 Å². The van der Waals surface area contributed by atoms with E-state index >= 15 is 4.39 Å². The number of thioether (sulfide) groups is 1. The first-order valence-corrected chi connectivity index (χ1v) is 31.3. The number of nitrogens with one attached hydrogen (secondary N) is 2. The number of aliphatic hydroxyl groups is 1. The van der Waals surface area contributed by atoms with E-state index in [9.17, 15) is 19.5 Å². The molecular weight excluding hydrogens is 1050 g/mol. The first kappa shape index (κ1) is 55.6. The van der Waals surface area contributed by atoms with Crippen molar-refractivity contribution in [3.8, 4) is 32.4 Å². The van der Waals surface area contributed by atoms with Gasteiger partial charge in [-0.05, 0) is 174 Å². The molecule has 5 fully saturated rings. The van der Waals surface area contributed by atoms with Crippen LogP contribution in [-0.2, 0) is 20.9 Å². The third-order valence-electron chi connectivity index (χ3n) is 17.8. The molecule has 5 N–H and O–H groups in total. The van der Waals surface area contributed by atoms with Crippen LogP contribution in [0.25, 0.3) is 31.8 Å². The lowest BCUT2D eigenvalue weighted by molar-refractivity contribution is -0.137. The summed E-state index contributed by atoms with van der Waals surface area (Å²) in [6.45, 7) is 11.7. The van der Waals surface area contributed by atoms with Crippen LogP contribution in [0.1, 0.15) is 113 Å². The predicted molar refractivity (Wildman–Crippen MR) is 315 cm³/mol. The number of carbonyl (C=O) groups is 3. The number of nitrogens with zero attached hydrogens (tertiary/aromatic N) is 5. The van der Waals surface area contributed by atoms with Gasteiger partial charge >= 0.3 is 0 Å². The lowest BCUT2D eigenvalue weighted by atomic mass is 9.82. The number of aryl methyl sites for hydroxylation is 1. The zero-order valence-electron chi connectivity index (χ0n) is 45.7.